The molecule has 1 aliphatic rings. The normalized spacial score (nSPS) is 20.9. The molecule has 4 nitrogen and oxygen atoms in total. The highest BCUT2D eigenvalue weighted by Crippen LogP contribution is 2.36. The first-order valence-corrected chi connectivity index (χ1v) is 7.38. The van der Waals surface area contributed by atoms with E-state index in [1.807, 2.05) is 29.6 Å². The monoisotopic (exact) mass is 289 g/mol. The van der Waals surface area contributed by atoms with Crippen LogP contribution in [0.15, 0.2) is 41.1 Å². The van der Waals surface area contributed by atoms with Gasteiger partial charge in [0, 0.05) is 22.9 Å². The summed E-state index contributed by atoms with van der Waals surface area (Å²) in [6.45, 7) is 0.629. The third-order valence-electron chi connectivity index (χ3n) is 3.49. The summed E-state index contributed by atoms with van der Waals surface area (Å²) < 4.78 is 5.53. The molecule has 20 heavy (non-hydrogen) atoms. The lowest BCUT2D eigenvalue weighted by molar-refractivity contribution is -0.00160. The van der Waals surface area contributed by atoms with E-state index in [4.69, 9.17) is 4.74 Å². The molecule has 1 aromatic heterocycles. The lowest BCUT2D eigenvalue weighted by atomic mass is 9.88. The minimum atomic E-state index is -1.07. The van der Waals surface area contributed by atoms with Gasteiger partial charge in [0.05, 0.1) is 13.2 Å². The standard InChI is InChI=1S/C15H15NO3S/c17-14(11-5-8-20-9-11)16-10-15(18)6-7-19-13-4-2-1-3-12(13)15/h1-5,8-9,18H,6-7,10H2,(H,16,17)/t15-/m1/s1. The van der Waals surface area contributed by atoms with Gasteiger partial charge < -0.3 is 15.2 Å². The molecule has 0 unspecified atom stereocenters. The van der Waals surface area contributed by atoms with Gasteiger partial charge in [-0.1, -0.05) is 18.2 Å². The molecule has 0 saturated carbocycles. The Morgan fingerprint density at radius 2 is 2.25 bits per heavy atom. The molecule has 5 heteroatoms. The van der Waals surface area contributed by atoms with Gasteiger partial charge in [-0.2, -0.15) is 11.3 Å². The van der Waals surface area contributed by atoms with Crippen LogP contribution in [-0.4, -0.2) is 24.2 Å². The first-order valence-electron chi connectivity index (χ1n) is 6.44. The smallest absolute Gasteiger partial charge is 0.252 e. The van der Waals surface area contributed by atoms with Crippen LogP contribution >= 0.6 is 11.3 Å². The first kappa shape index (κ1) is 13.1. The van der Waals surface area contributed by atoms with Crippen molar-refractivity contribution in [1.82, 2.24) is 5.32 Å². The quantitative estimate of drug-likeness (QED) is 0.910. The summed E-state index contributed by atoms with van der Waals surface area (Å²) >= 11 is 1.47. The Morgan fingerprint density at radius 1 is 1.40 bits per heavy atom. The molecule has 2 N–H and O–H groups in total. The van der Waals surface area contributed by atoms with Crippen molar-refractivity contribution < 1.29 is 14.6 Å². The summed E-state index contributed by atoms with van der Waals surface area (Å²) in [4.78, 5) is 12.0. The van der Waals surface area contributed by atoms with Crippen molar-refractivity contribution >= 4 is 17.2 Å². The number of hydrogen-bond donors (Lipinski definition) is 2. The van der Waals surface area contributed by atoms with E-state index < -0.39 is 5.60 Å². The topological polar surface area (TPSA) is 58.6 Å². The van der Waals surface area contributed by atoms with E-state index in [0.29, 0.717) is 24.3 Å². The van der Waals surface area contributed by atoms with Crippen LogP contribution < -0.4 is 10.1 Å². The predicted octanol–water partition coefficient (Wildman–Crippen LogP) is 2.15. The first-order chi connectivity index (χ1) is 9.69. The molecule has 2 aromatic rings. The van der Waals surface area contributed by atoms with Gasteiger partial charge in [-0.25, -0.2) is 0 Å². The Labute approximate surface area is 121 Å². The lowest BCUT2D eigenvalue weighted by Gasteiger charge is -2.34. The van der Waals surface area contributed by atoms with Crippen LogP contribution in [0.1, 0.15) is 22.3 Å². The highest BCUT2D eigenvalue weighted by atomic mass is 32.1. The van der Waals surface area contributed by atoms with Crippen LogP contribution in [0.2, 0.25) is 0 Å². The van der Waals surface area contributed by atoms with Gasteiger partial charge in [-0.3, -0.25) is 4.79 Å². The maximum atomic E-state index is 12.0. The van der Waals surface area contributed by atoms with Crippen LogP contribution in [0.4, 0.5) is 0 Å². The fourth-order valence-electron chi connectivity index (χ4n) is 2.35. The van der Waals surface area contributed by atoms with Gasteiger partial charge in [0.2, 0.25) is 0 Å². The third kappa shape index (κ3) is 2.42. The number of ether oxygens (including phenoxy) is 1. The predicted molar refractivity (Wildman–Crippen MR) is 77.1 cm³/mol. The molecule has 0 aliphatic carbocycles. The van der Waals surface area contributed by atoms with E-state index in [2.05, 4.69) is 5.32 Å². The number of para-hydroxylation sites is 1. The fraction of sp³-hybridized carbons (Fsp3) is 0.267. The molecule has 104 valence electrons. The number of carbonyl (C=O) groups is 1. The SMILES string of the molecule is O=C(NC[C@]1(O)CCOc2ccccc21)c1ccsc1. The zero-order valence-electron chi connectivity index (χ0n) is 10.8. The highest BCUT2D eigenvalue weighted by Gasteiger charge is 2.35. The number of amides is 1. The van der Waals surface area contributed by atoms with E-state index in [1.54, 1.807) is 11.4 Å². The molecule has 1 aromatic carbocycles. The largest absolute Gasteiger partial charge is 0.493 e. The molecule has 0 saturated heterocycles. The number of thiophene rings is 1. The maximum Gasteiger partial charge on any atom is 0.252 e. The van der Waals surface area contributed by atoms with Crippen molar-refractivity contribution in [1.29, 1.82) is 0 Å². The number of benzene rings is 1. The molecule has 1 atom stereocenters. The summed E-state index contributed by atoms with van der Waals surface area (Å²) in [6.07, 6.45) is 0.466. The van der Waals surface area contributed by atoms with Crippen LogP contribution in [0.25, 0.3) is 0 Å². The van der Waals surface area contributed by atoms with Crippen molar-refractivity contribution in [3.05, 3.63) is 52.2 Å². The lowest BCUT2D eigenvalue weighted by Crippen LogP contribution is -2.43. The van der Waals surface area contributed by atoms with E-state index in [9.17, 15) is 9.90 Å². The van der Waals surface area contributed by atoms with Crippen LogP contribution in [-0.2, 0) is 5.60 Å². The summed E-state index contributed by atoms with van der Waals surface area (Å²) in [5.74, 6) is 0.523. The average molecular weight is 289 g/mol. The van der Waals surface area contributed by atoms with E-state index in [-0.39, 0.29) is 12.5 Å². The second-order valence-electron chi connectivity index (χ2n) is 4.82. The van der Waals surface area contributed by atoms with Crippen molar-refractivity contribution in [3.8, 4) is 5.75 Å². The molecule has 1 amide bonds. The second kappa shape index (κ2) is 5.26. The minimum Gasteiger partial charge on any atom is -0.493 e. The van der Waals surface area contributed by atoms with Gasteiger partial charge in [-0.15, -0.1) is 0 Å². The molecule has 0 fully saturated rings. The number of rotatable bonds is 3. The summed E-state index contributed by atoms with van der Waals surface area (Å²) in [6, 6.07) is 9.17. The molecule has 0 radical (unpaired) electrons. The van der Waals surface area contributed by atoms with E-state index in [1.165, 1.54) is 11.3 Å². The van der Waals surface area contributed by atoms with Crippen molar-refractivity contribution in [3.63, 3.8) is 0 Å². The van der Waals surface area contributed by atoms with Crippen molar-refractivity contribution in [2.24, 2.45) is 0 Å². The average Bonchev–Trinajstić information content (AvgIpc) is 3.00. The van der Waals surface area contributed by atoms with Crippen LogP contribution in [0, 0.1) is 0 Å². The van der Waals surface area contributed by atoms with E-state index >= 15 is 0 Å². The summed E-state index contributed by atoms with van der Waals surface area (Å²) in [5.41, 5.74) is 0.288. The Balaban J connectivity index is 1.76. The highest BCUT2D eigenvalue weighted by molar-refractivity contribution is 7.08. The molecule has 2 heterocycles. The fourth-order valence-corrected chi connectivity index (χ4v) is 2.98. The van der Waals surface area contributed by atoms with E-state index in [0.717, 1.165) is 5.56 Å². The van der Waals surface area contributed by atoms with Crippen molar-refractivity contribution in [2.75, 3.05) is 13.2 Å². The zero-order valence-corrected chi connectivity index (χ0v) is 11.7. The molecule has 3 rings (SSSR count). The number of aliphatic hydroxyl groups is 1. The van der Waals surface area contributed by atoms with Crippen LogP contribution in [0.3, 0.4) is 0 Å². The third-order valence-corrected chi connectivity index (χ3v) is 4.17. The Hall–Kier alpha value is -1.85. The van der Waals surface area contributed by atoms with Gasteiger partial charge in [-0.05, 0) is 17.5 Å². The molecular weight excluding hydrogens is 274 g/mol. The summed E-state index contributed by atoms with van der Waals surface area (Å²) in [7, 11) is 0. The van der Waals surface area contributed by atoms with Crippen LogP contribution in [0.5, 0.6) is 5.75 Å². The van der Waals surface area contributed by atoms with Crippen molar-refractivity contribution in [2.45, 2.75) is 12.0 Å². The molecule has 0 spiro atoms. The minimum absolute atomic E-state index is 0.163. The number of fused-ring (bicyclic) bond motifs is 1. The number of carbonyl (C=O) groups excluding carboxylic acids is 1. The molecular formula is C15H15NO3S. The van der Waals surface area contributed by atoms with Gasteiger partial charge in [0.25, 0.3) is 5.91 Å². The van der Waals surface area contributed by atoms with Gasteiger partial charge >= 0.3 is 0 Å². The zero-order chi connectivity index (χ0) is 14.0. The number of hydrogen-bond acceptors (Lipinski definition) is 4. The Morgan fingerprint density at radius 3 is 3.05 bits per heavy atom. The molecule has 0 bridgehead atoms. The Bertz CT molecular complexity index is 611. The van der Waals surface area contributed by atoms with Gasteiger partial charge in [0.15, 0.2) is 0 Å². The second-order valence-corrected chi connectivity index (χ2v) is 5.60. The molecule has 1 aliphatic heterocycles. The Kier molecular flexibility index (Phi) is 3.46. The maximum absolute atomic E-state index is 12.0. The van der Waals surface area contributed by atoms with Gasteiger partial charge in [0.1, 0.15) is 11.4 Å². The number of nitrogens with one attached hydrogen (secondary N) is 1. The summed E-state index contributed by atoms with van der Waals surface area (Å²) in [5, 5.41) is 17.2.